The van der Waals surface area contributed by atoms with Crippen molar-refractivity contribution in [2.45, 2.75) is 32.9 Å². The van der Waals surface area contributed by atoms with Crippen molar-refractivity contribution in [1.29, 1.82) is 0 Å². The third kappa shape index (κ3) is 4.47. The van der Waals surface area contributed by atoms with Crippen molar-refractivity contribution >= 4 is 12.1 Å². The number of hydrogen-bond donors (Lipinski definition) is 1. The first kappa shape index (κ1) is 16.3. The third-order valence-corrected chi connectivity index (χ3v) is 3.82. The number of hydrogen-bond acceptors (Lipinski definition) is 4. The van der Waals surface area contributed by atoms with E-state index in [-0.39, 0.29) is 12.1 Å². The topological polar surface area (TPSA) is 54.5 Å². The number of carbonyl (C=O) groups is 1. The Kier molecular flexibility index (Phi) is 6.05. The number of aromatic nitrogens is 1. The lowest BCUT2D eigenvalue weighted by Crippen LogP contribution is -2.54. The van der Waals surface area contributed by atoms with Crippen LogP contribution in [0.25, 0.3) is 0 Å². The Balaban J connectivity index is 0.00000109. The van der Waals surface area contributed by atoms with Crippen LogP contribution >= 0.6 is 0 Å². The SMILES string of the molecule is CC.[3H]C(=O)N[C@@H](C)c1ccc(OC2CN(c3cccnc3)C2)cc1. The lowest BCUT2D eigenvalue weighted by Gasteiger charge is -2.40. The van der Waals surface area contributed by atoms with Crippen LogP contribution in [0.4, 0.5) is 5.69 Å². The van der Waals surface area contributed by atoms with Gasteiger partial charge in [-0.2, -0.15) is 0 Å². The van der Waals surface area contributed by atoms with Crippen molar-refractivity contribution in [3.63, 3.8) is 0 Å². The van der Waals surface area contributed by atoms with Crippen LogP contribution in [0.1, 0.15) is 33.7 Å². The van der Waals surface area contributed by atoms with Crippen molar-refractivity contribution in [3.05, 3.63) is 54.4 Å². The highest BCUT2D eigenvalue weighted by atomic mass is 16.5. The number of carbonyl (C=O) groups excluding carboxylic acids is 1. The molecule has 1 saturated heterocycles. The van der Waals surface area contributed by atoms with Gasteiger partial charge < -0.3 is 15.0 Å². The molecule has 24 heavy (non-hydrogen) atoms. The number of benzene rings is 1. The lowest BCUT2D eigenvalue weighted by molar-refractivity contribution is -0.110. The summed E-state index contributed by atoms with van der Waals surface area (Å²) in [6, 6.07) is 11.4. The first-order chi connectivity index (χ1) is 12.1. The quantitative estimate of drug-likeness (QED) is 0.856. The molecule has 0 radical (unpaired) electrons. The lowest BCUT2D eigenvalue weighted by atomic mass is 10.1. The molecule has 0 saturated carbocycles. The maximum atomic E-state index is 10.8. The molecule has 1 N–H and O–H groups in total. The Morgan fingerprint density at radius 2 is 2.04 bits per heavy atom. The Hall–Kier alpha value is -2.56. The molecule has 1 aliphatic heterocycles. The number of rotatable bonds is 5. The number of amides is 1. The fourth-order valence-corrected chi connectivity index (χ4v) is 2.46. The monoisotopic (exact) mass is 329 g/mol. The van der Waals surface area contributed by atoms with E-state index in [1.54, 1.807) is 6.20 Å². The summed E-state index contributed by atoms with van der Waals surface area (Å²) in [5.74, 6) is 0.814. The van der Waals surface area contributed by atoms with Crippen molar-refractivity contribution in [2.75, 3.05) is 18.0 Å². The first-order valence-electron chi connectivity index (χ1n) is 8.80. The molecular formula is C19H25N3O2. The van der Waals surface area contributed by atoms with E-state index in [2.05, 4.69) is 15.2 Å². The third-order valence-electron chi connectivity index (χ3n) is 3.82. The fraction of sp³-hybridized carbons (Fsp3) is 0.368. The molecule has 0 bridgehead atoms. The summed E-state index contributed by atoms with van der Waals surface area (Å²) >= 11 is 0. The van der Waals surface area contributed by atoms with Gasteiger partial charge in [-0.3, -0.25) is 9.78 Å². The molecule has 128 valence electrons. The van der Waals surface area contributed by atoms with Crippen LogP contribution in [-0.2, 0) is 4.79 Å². The Morgan fingerprint density at radius 3 is 2.62 bits per heavy atom. The molecule has 0 unspecified atom stereocenters. The number of ether oxygens (including phenoxy) is 1. The van der Waals surface area contributed by atoms with Gasteiger partial charge in [0.1, 0.15) is 13.2 Å². The maximum absolute atomic E-state index is 10.8. The second-order valence-corrected chi connectivity index (χ2v) is 5.39. The molecule has 1 fully saturated rings. The van der Waals surface area contributed by atoms with Crippen LogP contribution in [0.15, 0.2) is 48.8 Å². The molecule has 1 aromatic heterocycles. The van der Waals surface area contributed by atoms with E-state index in [9.17, 15) is 4.79 Å². The molecule has 3 rings (SSSR count). The molecule has 1 aliphatic rings. The van der Waals surface area contributed by atoms with Gasteiger partial charge in [-0.1, -0.05) is 26.0 Å². The van der Waals surface area contributed by atoms with Crippen LogP contribution in [0.3, 0.4) is 0 Å². The molecule has 5 nitrogen and oxygen atoms in total. The van der Waals surface area contributed by atoms with Crippen molar-refractivity contribution in [2.24, 2.45) is 0 Å². The Morgan fingerprint density at radius 1 is 1.33 bits per heavy atom. The Bertz CT molecular complexity index is 658. The highest BCUT2D eigenvalue weighted by molar-refractivity contribution is 5.48. The molecule has 1 atom stereocenters. The van der Waals surface area contributed by atoms with Gasteiger partial charge in [-0.25, -0.2) is 0 Å². The van der Waals surface area contributed by atoms with E-state index in [0.29, 0.717) is 0 Å². The zero-order valence-electron chi connectivity index (χ0n) is 15.4. The van der Waals surface area contributed by atoms with Gasteiger partial charge in [-0.15, -0.1) is 0 Å². The van der Waals surface area contributed by atoms with Gasteiger partial charge in [-0.05, 0) is 36.8 Å². The minimum Gasteiger partial charge on any atom is -0.487 e. The minimum absolute atomic E-state index is 0.173. The predicted octanol–water partition coefficient (Wildman–Crippen LogP) is 3.18. The summed E-state index contributed by atoms with van der Waals surface area (Å²) in [5, 5.41) is 2.54. The largest absolute Gasteiger partial charge is 0.487 e. The summed E-state index contributed by atoms with van der Waals surface area (Å²) < 4.78 is 12.9. The predicted molar refractivity (Wildman–Crippen MR) is 96.3 cm³/mol. The number of nitrogens with zero attached hydrogens (tertiary/aromatic N) is 2. The van der Waals surface area contributed by atoms with E-state index < -0.39 is 6.39 Å². The zero-order valence-corrected chi connectivity index (χ0v) is 14.4. The molecule has 2 heterocycles. The summed E-state index contributed by atoms with van der Waals surface area (Å²) in [5.41, 5.74) is 2.06. The van der Waals surface area contributed by atoms with Crippen molar-refractivity contribution < 1.29 is 10.9 Å². The van der Waals surface area contributed by atoms with Crippen LogP contribution in [0.2, 0.25) is 0 Å². The van der Waals surface area contributed by atoms with E-state index in [1.165, 1.54) is 0 Å². The highest BCUT2D eigenvalue weighted by Gasteiger charge is 2.28. The van der Waals surface area contributed by atoms with Gasteiger partial charge in [0, 0.05) is 6.20 Å². The van der Waals surface area contributed by atoms with Crippen LogP contribution < -0.4 is 15.0 Å². The van der Waals surface area contributed by atoms with Gasteiger partial charge >= 0.3 is 0 Å². The summed E-state index contributed by atoms with van der Waals surface area (Å²) in [6.07, 6.45) is 3.02. The number of pyridine rings is 1. The minimum atomic E-state index is -0.775. The second kappa shape index (κ2) is 8.91. The Labute approximate surface area is 145 Å². The van der Waals surface area contributed by atoms with Crippen LogP contribution in [0, 0.1) is 0 Å². The first-order valence-corrected chi connectivity index (χ1v) is 8.30. The molecule has 1 aromatic carbocycles. The van der Waals surface area contributed by atoms with Crippen LogP contribution in [0.5, 0.6) is 5.75 Å². The molecule has 2 aromatic rings. The smallest absolute Gasteiger partial charge is 0.207 e. The zero-order chi connectivity index (χ0) is 18.2. The van der Waals surface area contributed by atoms with E-state index in [4.69, 9.17) is 6.11 Å². The summed E-state index contributed by atoms with van der Waals surface area (Å²) in [7, 11) is 0. The van der Waals surface area contributed by atoms with Gasteiger partial charge in [0.2, 0.25) is 6.39 Å². The van der Waals surface area contributed by atoms with Gasteiger partial charge in [0.25, 0.3) is 0 Å². The normalized spacial score (nSPS) is 15.3. The van der Waals surface area contributed by atoms with E-state index in [0.717, 1.165) is 30.1 Å². The summed E-state index contributed by atoms with van der Waals surface area (Å²) in [4.78, 5) is 17.1. The molecule has 1 amide bonds. The van der Waals surface area contributed by atoms with E-state index in [1.807, 2.05) is 63.4 Å². The fourth-order valence-electron chi connectivity index (χ4n) is 2.46. The molecule has 0 spiro atoms. The number of anilines is 1. The van der Waals surface area contributed by atoms with Crippen molar-refractivity contribution in [3.8, 4) is 5.75 Å². The van der Waals surface area contributed by atoms with E-state index >= 15 is 0 Å². The second-order valence-electron chi connectivity index (χ2n) is 5.39. The van der Waals surface area contributed by atoms with Crippen LogP contribution in [-0.4, -0.2) is 30.6 Å². The number of nitrogens with one attached hydrogen (secondary N) is 1. The average molecular weight is 329 g/mol. The summed E-state index contributed by atoms with van der Waals surface area (Å²) in [6.45, 7) is 7.54. The molecular weight excluding hydrogens is 302 g/mol. The molecule has 5 heteroatoms. The van der Waals surface area contributed by atoms with Gasteiger partial charge in [0.15, 0.2) is 0 Å². The standard InChI is InChI=1S/C17H19N3O2.C2H6/c1-13(19-12-21)14-4-6-16(7-5-14)22-17-10-20(11-17)15-3-2-8-18-9-15;1-2/h2-9,12-13,17H,10-11H2,1H3,(H,19,21);1-2H3/t13-;/m0./s1/i12T;. The highest BCUT2D eigenvalue weighted by Crippen LogP contribution is 2.24. The molecule has 0 aliphatic carbocycles. The van der Waals surface area contributed by atoms with Gasteiger partial charge in [0.05, 0.1) is 31.0 Å². The maximum Gasteiger partial charge on any atom is 0.207 e. The van der Waals surface area contributed by atoms with Crippen molar-refractivity contribution in [1.82, 2.24) is 10.3 Å². The average Bonchev–Trinajstić information content (AvgIpc) is 2.60.